The summed E-state index contributed by atoms with van der Waals surface area (Å²) in [4.78, 5) is 1.21. The molecule has 0 aliphatic rings. The summed E-state index contributed by atoms with van der Waals surface area (Å²) in [6.45, 7) is 0. The summed E-state index contributed by atoms with van der Waals surface area (Å²) in [5.41, 5.74) is 0.949. The Balaban J connectivity index is 2.01. The Morgan fingerprint density at radius 2 is 1.61 bits per heavy atom. The van der Waals surface area contributed by atoms with Crippen molar-refractivity contribution in [2.24, 2.45) is 0 Å². The molecule has 0 saturated carbocycles. The summed E-state index contributed by atoms with van der Waals surface area (Å²) in [5.74, 6) is 0.961. The van der Waals surface area contributed by atoms with Crippen LogP contribution in [0.1, 0.15) is 0 Å². The van der Waals surface area contributed by atoms with Gasteiger partial charge in [0, 0.05) is 10.8 Å². The van der Waals surface area contributed by atoms with Gasteiger partial charge in [0.05, 0.1) is 4.88 Å². The molecular weight excluding hydrogens is 240 g/mol. The third-order valence-corrected chi connectivity index (χ3v) is 4.19. The third kappa shape index (κ3) is 1.39. The van der Waals surface area contributed by atoms with Crippen molar-refractivity contribution in [1.29, 1.82) is 0 Å². The fourth-order valence-corrected chi connectivity index (χ4v) is 3.26. The fraction of sp³-hybridized carbons (Fsp3) is 0. The van der Waals surface area contributed by atoms with Crippen molar-refractivity contribution in [3.8, 4) is 10.6 Å². The summed E-state index contributed by atoms with van der Waals surface area (Å²) in [6.07, 6.45) is 0. The van der Waals surface area contributed by atoms with Crippen LogP contribution in [0.15, 0.2) is 64.4 Å². The zero-order valence-electron chi connectivity index (χ0n) is 9.59. The number of rotatable bonds is 1. The monoisotopic (exact) mass is 250 g/mol. The summed E-state index contributed by atoms with van der Waals surface area (Å²) < 4.78 is 5.93. The van der Waals surface area contributed by atoms with E-state index in [0.717, 1.165) is 16.7 Å². The second-order valence-corrected chi connectivity index (χ2v) is 5.18. The molecule has 2 heterocycles. The summed E-state index contributed by atoms with van der Waals surface area (Å²) in [6, 6.07) is 18.7. The highest BCUT2D eigenvalue weighted by atomic mass is 32.1. The molecule has 4 aromatic rings. The average molecular weight is 250 g/mol. The van der Waals surface area contributed by atoms with Crippen molar-refractivity contribution >= 4 is 33.1 Å². The summed E-state index contributed by atoms with van der Waals surface area (Å²) in [7, 11) is 0. The lowest BCUT2D eigenvalue weighted by Gasteiger charge is -1.93. The Bertz CT molecular complexity index is 805. The summed E-state index contributed by atoms with van der Waals surface area (Å²) >= 11 is 1.74. The Morgan fingerprint density at radius 1 is 0.833 bits per heavy atom. The van der Waals surface area contributed by atoms with Gasteiger partial charge in [-0.15, -0.1) is 11.3 Å². The number of fused-ring (bicyclic) bond motifs is 2. The molecule has 0 saturated heterocycles. The van der Waals surface area contributed by atoms with Gasteiger partial charge in [0.15, 0.2) is 0 Å². The highest BCUT2D eigenvalue weighted by Gasteiger charge is 2.10. The highest BCUT2D eigenvalue weighted by molar-refractivity contribution is 7.15. The molecule has 0 spiro atoms. The topological polar surface area (TPSA) is 13.1 Å². The molecule has 0 N–H and O–H groups in total. The maximum absolute atomic E-state index is 5.93. The van der Waals surface area contributed by atoms with E-state index in [0.29, 0.717) is 0 Å². The minimum Gasteiger partial charge on any atom is -0.455 e. The SMILES string of the molecule is c1ccc2oc(-c3scc4ccccc34)cc2c1. The number of para-hydroxylation sites is 1. The molecular formula is C16H10OS. The molecule has 0 aliphatic heterocycles. The van der Waals surface area contributed by atoms with E-state index in [2.05, 4.69) is 41.8 Å². The van der Waals surface area contributed by atoms with Crippen molar-refractivity contribution in [2.45, 2.75) is 0 Å². The van der Waals surface area contributed by atoms with Gasteiger partial charge in [0.25, 0.3) is 0 Å². The lowest BCUT2D eigenvalue weighted by atomic mass is 10.1. The van der Waals surface area contributed by atoms with Crippen LogP contribution in [0.5, 0.6) is 0 Å². The summed E-state index contributed by atoms with van der Waals surface area (Å²) in [5, 5.41) is 5.88. The van der Waals surface area contributed by atoms with Crippen LogP contribution in [0.2, 0.25) is 0 Å². The predicted molar refractivity (Wildman–Crippen MR) is 77.0 cm³/mol. The molecule has 4 rings (SSSR count). The van der Waals surface area contributed by atoms with Gasteiger partial charge in [0.2, 0.25) is 0 Å². The van der Waals surface area contributed by atoms with Crippen LogP contribution < -0.4 is 0 Å². The lowest BCUT2D eigenvalue weighted by molar-refractivity contribution is 0.634. The molecule has 86 valence electrons. The fourth-order valence-electron chi connectivity index (χ4n) is 2.28. The van der Waals surface area contributed by atoms with E-state index < -0.39 is 0 Å². The average Bonchev–Trinajstić information content (AvgIpc) is 3.02. The minimum atomic E-state index is 0.949. The molecule has 2 aromatic heterocycles. The van der Waals surface area contributed by atoms with Gasteiger partial charge in [-0.3, -0.25) is 0 Å². The quantitative estimate of drug-likeness (QED) is 0.446. The lowest BCUT2D eigenvalue weighted by Crippen LogP contribution is -1.67. The molecule has 0 unspecified atom stereocenters. The number of hydrogen-bond donors (Lipinski definition) is 0. The van der Waals surface area contributed by atoms with Gasteiger partial charge in [-0.2, -0.15) is 0 Å². The Kier molecular flexibility index (Phi) is 2.05. The van der Waals surface area contributed by atoms with Crippen LogP contribution in [-0.4, -0.2) is 0 Å². The van der Waals surface area contributed by atoms with Crippen molar-refractivity contribution in [1.82, 2.24) is 0 Å². The van der Waals surface area contributed by atoms with Crippen LogP contribution >= 0.6 is 11.3 Å². The Hall–Kier alpha value is -2.06. The first-order valence-electron chi connectivity index (χ1n) is 5.87. The largest absolute Gasteiger partial charge is 0.455 e. The predicted octanol–water partition coefficient (Wildman–Crippen LogP) is 5.31. The van der Waals surface area contributed by atoms with Gasteiger partial charge in [-0.1, -0.05) is 42.5 Å². The number of furan rings is 1. The normalized spacial score (nSPS) is 11.3. The van der Waals surface area contributed by atoms with E-state index >= 15 is 0 Å². The molecule has 0 radical (unpaired) electrons. The zero-order chi connectivity index (χ0) is 11.9. The van der Waals surface area contributed by atoms with Crippen LogP contribution in [0.3, 0.4) is 0 Å². The highest BCUT2D eigenvalue weighted by Crippen LogP contribution is 2.37. The van der Waals surface area contributed by atoms with Gasteiger partial charge < -0.3 is 4.42 Å². The molecule has 0 aliphatic carbocycles. The second-order valence-electron chi connectivity index (χ2n) is 4.30. The molecule has 2 heteroatoms. The Morgan fingerprint density at radius 3 is 2.50 bits per heavy atom. The molecule has 0 atom stereocenters. The van der Waals surface area contributed by atoms with E-state index in [-0.39, 0.29) is 0 Å². The first-order valence-corrected chi connectivity index (χ1v) is 6.75. The van der Waals surface area contributed by atoms with Gasteiger partial charge in [-0.05, 0) is 22.9 Å². The van der Waals surface area contributed by atoms with E-state index in [4.69, 9.17) is 4.42 Å². The first kappa shape index (κ1) is 9.92. The maximum Gasteiger partial charge on any atom is 0.145 e. The maximum atomic E-state index is 5.93. The van der Waals surface area contributed by atoms with Gasteiger partial charge >= 0.3 is 0 Å². The van der Waals surface area contributed by atoms with Crippen molar-refractivity contribution < 1.29 is 4.42 Å². The van der Waals surface area contributed by atoms with E-state index in [9.17, 15) is 0 Å². The van der Waals surface area contributed by atoms with Gasteiger partial charge in [0.1, 0.15) is 11.3 Å². The van der Waals surface area contributed by atoms with E-state index in [1.54, 1.807) is 11.3 Å². The second kappa shape index (κ2) is 3.72. The van der Waals surface area contributed by atoms with Crippen LogP contribution in [0.25, 0.3) is 32.4 Å². The van der Waals surface area contributed by atoms with E-state index in [1.807, 2.05) is 18.2 Å². The smallest absolute Gasteiger partial charge is 0.145 e. The minimum absolute atomic E-state index is 0.949. The Labute approximate surface area is 108 Å². The number of benzene rings is 2. The number of hydrogen-bond acceptors (Lipinski definition) is 2. The van der Waals surface area contributed by atoms with Crippen molar-refractivity contribution in [3.05, 3.63) is 60.0 Å². The molecule has 0 bridgehead atoms. The first-order chi connectivity index (χ1) is 8.92. The molecule has 18 heavy (non-hydrogen) atoms. The van der Waals surface area contributed by atoms with E-state index in [1.165, 1.54) is 15.6 Å². The molecule has 2 aromatic carbocycles. The van der Waals surface area contributed by atoms with Crippen LogP contribution in [0, 0.1) is 0 Å². The molecule has 0 fully saturated rings. The van der Waals surface area contributed by atoms with Crippen molar-refractivity contribution in [3.63, 3.8) is 0 Å². The zero-order valence-corrected chi connectivity index (χ0v) is 10.4. The third-order valence-electron chi connectivity index (χ3n) is 3.16. The molecule has 1 nitrogen and oxygen atoms in total. The molecule has 0 amide bonds. The number of thiophene rings is 1. The van der Waals surface area contributed by atoms with Gasteiger partial charge in [-0.25, -0.2) is 0 Å². The van der Waals surface area contributed by atoms with Crippen molar-refractivity contribution in [2.75, 3.05) is 0 Å². The van der Waals surface area contributed by atoms with Crippen LogP contribution in [0.4, 0.5) is 0 Å². The van der Waals surface area contributed by atoms with Crippen LogP contribution in [-0.2, 0) is 0 Å². The standard InChI is InChI=1S/C16H10OS/c1-3-7-13-12(6-1)10-18-16(13)15-9-11-5-2-4-8-14(11)17-15/h1-10H.